The molecule has 0 aromatic carbocycles. The van der Waals surface area contributed by atoms with Gasteiger partial charge in [-0.2, -0.15) is 9.97 Å². The highest BCUT2D eigenvalue weighted by atomic mass is 32.2. The number of aromatic nitrogens is 3. The number of hydrogen-bond acceptors (Lipinski definition) is 5. The standard InChI is InChI=1S/C8H12N4S2/c1-2-5-14-7-10-6-9-3-4-12(6)8(13)11-7/h2-5H2,1H3,(H,9,10,11,13). The number of nitrogens with one attached hydrogen (secondary N) is 1. The van der Waals surface area contributed by atoms with Crippen LogP contribution in [0.5, 0.6) is 0 Å². The predicted octanol–water partition coefficient (Wildman–Crippen LogP) is 1.94. The first-order valence-electron chi connectivity index (χ1n) is 4.67. The van der Waals surface area contributed by atoms with Gasteiger partial charge >= 0.3 is 0 Å². The highest BCUT2D eigenvalue weighted by molar-refractivity contribution is 7.99. The van der Waals surface area contributed by atoms with E-state index in [4.69, 9.17) is 12.2 Å². The molecule has 2 rings (SSSR count). The summed E-state index contributed by atoms with van der Waals surface area (Å²) in [6, 6.07) is 0. The second-order valence-electron chi connectivity index (χ2n) is 3.04. The lowest BCUT2D eigenvalue weighted by molar-refractivity contribution is 0.721. The van der Waals surface area contributed by atoms with Crippen LogP contribution in [0.3, 0.4) is 0 Å². The largest absolute Gasteiger partial charge is 0.354 e. The first kappa shape index (κ1) is 9.92. The van der Waals surface area contributed by atoms with E-state index in [0.717, 1.165) is 36.4 Å². The van der Waals surface area contributed by atoms with Crippen molar-refractivity contribution in [2.75, 3.05) is 17.6 Å². The fourth-order valence-corrected chi connectivity index (χ4v) is 2.29. The molecule has 0 unspecified atom stereocenters. The van der Waals surface area contributed by atoms with Crippen LogP contribution in [0.4, 0.5) is 5.95 Å². The van der Waals surface area contributed by atoms with Gasteiger partial charge in [-0.1, -0.05) is 18.7 Å². The third kappa shape index (κ3) is 1.90. The van der Waals surface area contributed by atoms with Crippen LogP contribution in [-0.2, 0) is 6.54 Å². The van der Waals surface area contributed by atoms with Gasteiger partial charge in [0.05, 0.1) is 0 Å². The lowest BCUT2D eigenvalue weighted by Crippen LogP contribution is -2.02. The SMILES string of the molecule is CCCSc1nc2n(c(=S)n1)CCN2. The Bertz CT molecular complexity index is 387. The number of thioether (sulfide) groups is 1. The van der Waals surface area contributed by atoms with E-state index in [0.29, 0.717) is 4.77 Å². The average molecular weight is 228 g/mol. The van der Waals surface area contributed by atoms with Crippen LogP contribution in [0.15, 0.2) is 5.16 Å². The lowest BCUT2D eigenvalue weighted by Gasteiger charge is -2.03. The van der Waals surface area contributed by atoms with E-state index >= 15 is 0 Å². The fraction of sp³-hybridized carbons (Fsp3) is 0.625. The van der Waals surface area contributed by atoms with Gasteiger partial charge in [0.2, 0.25) is 10.7 Å². The van der Waals surface area contributed by atoms with Crippen LogP contribution in [0.2, 0.25) is 0 Å². The summed E-state index contributed by atoms with van der Waals surface area (Å²) in [6.45, 7) is 3.93. The van der Waals surface area contributed by atoms with E-state index in [9.17, 15) is 0 Å². The summed E-state index contributed by atoms with van der Waals surface area (Å²) in [5.41, 5.74) is 0. The van der Waals surface area contributed by atoms with E-state index in [1.807, 2.05) is 4.57 Å². The molecule has 1 aromatic rings. The Morgan fingerprint density at radius 1 is 1.57 bits per heavy atom. The molecule has 0 fully saturated rings. The van der Waals surface area contributed by atoms with Crippen molar-refractivity contribution >= 4 is 29.9 Å². The van der Waals surface area contributed by atoms with Crippen LogP contribution in [0.1, 0.15) is 13.3 Å². The molecule has 14 heavy (non-hydrogen) atoms. The molecular formula is C8H12N4S2. The van der Waals surface area contributed by atoms with Crippen LogP contribution < -0.4 is 5.32 Å². The van der Waals surface area contributed by atoms with Crippen LogP contribution in [0.25, 0.3) is 0 Å². The van der Waals surface area contributed by atoms with E-state index in [-0.39, 0.29) is 0 Å². The lowest BCUT2D eigenvalue weighted by atomic mass is 10.6. The zero-order chi connectivity index (χ0) is 9.97. The second kappa shape index (κ2) is 4.27. The molecule has 2 heterocycles. The minimum atomic E-state index is 0.638. The summed E-state index contributed by atoms with van der Waals surface area (Å²) in [5.74, 6) is 1.90. The minimum Gasteiger partial charge on any atom is -0.354 e. The smallest absolute Gasteiger partial charge is 0.207 e. The quantitative estimate of drug-likeness (QED) is 0.632. The average Bonchev–Trinajstić information content (AvgIpc) is 2.63. The Kier molecular flexibility index (Phi) is 3.02. The molecule has 1 aliphatic rings. The minimum absolute atomic E-state index is 0.638. The molecule has 4 nitrogen and oxygen atoms in total. The van der Waals surface area contributed by atoms with Gasteiger partial charge in [-0.3, -0.25) is 4.57 Å². The number of rotatable bonds is 3. The molecule has 1 N–H and O–H groups in total. The fourth-order valence-electron chi connectivity index (χ4n) is 1.28. The van der Waals surface area contributed by atoms with Crippen molar-refractivity contribution in [2.45, 2.75) is 25.0 Å². The molecular weight excluding hydrogens is 216 g/mol. The van der Waals surface area contributed by atoms with Crippen molar-refractivity contribution in [1.82, 2.24) is 14.5 Å². The maximum atomic E-state index is 5.18. The van der Waals surface area contributed by atoms with Crippen molar-refractivity contribution in [3.8, 4) is 0 Å². The van der Waals surface area contributed by atoms with Gasteiger partial charge in [-0.15, -0.1) is 0 Å². The van der Waals surface area contributed by atoms with Crippen molar-refractivity contribution in [3.05, 3.63) is 4.77 Å². The first-order chi connectivity index (χ1) is 6.81. The van der Waals surface area contributed by atoms with Crippen molar-refractivity contribution in [3.63, 3.8) is 0 Å². The van der Waals surface area contributed by atoms with Gasteiger partial charge < -0.3 is 5.32 Å². The molecule has 0 radical (unpaired) electrons. The van der Waals surface area contributed by atoms with E-state index in [1.165, 1.54) is 0 Å². The molecule has 1 aliphatic heterocycles. The van der Waals surface area contributed by atoms with Gasteiger partial charge in [0.15, 0.2) is 5.16 Å². The molecule has 76 valence electrons. The van der Waals surface area contributed by atoms with Crippen molar-refractivity contribution < 1.29 is 0 Å². The summed E-state index contributed by atoms with van der Waals surface area (Å²) >= 11 is 6.83. The number of fused-ring (bicyclic) bond motifs is 1. The van der Waals surface area contributed by atoms with Gasteiger partial charge in [0, 0.05) is 18.8 Å². The van der Waals surface area contributed by atoms with Crippen LogP contribution >= 0.6 is 24.0 Å². The third-order valence-electron chi connectivity index (χ3n) is 1.93. The molecule has 6 heteroatoms. The normalized spacial score (nSPS) is 13.8. The Morgan fingerprint density at radius 2 is 2.43 bits per heavy atom. The Morgan fingerprint density at radius 3 is 3.21 bits per heavy atom. The van der Waals surface area contributed by atoms with Crippen molar-refractivity contribution in [2.24, 2.45) is 0 Å². The predicted molar refractivity (Wildman–Crippen MR) is 60.4 cm³/mol. The molecule has 0 bridgehead atoms. The van der Waals surface area contributed by atoms with Crippen molar-refractivity contribution in [1.29, 1.82) is 0 Å². The van der Waals surface area contributed by atoms with E-state index in [2.05, 4.69) is 22.2 Å². The molecule has 0 aliphatic carbocycles. The molecule has 0 atom stereocenters. The number of nitrogens with zero attached hydrogens (tertiary/aromatic N) is 3. The topological polar surface area (TPSA) is 42.7 Å². The Balaban J connectivity index is 2.28. The van der Waals surface area contributed by atoms with Crippen LogP contribution in [0, 0.1) is 4.77 Å². The second-order valence-corrected chi connectivity index (χ2v) is 4.47. The van der Waals surface area contributed by atoms with Gasteiger partial charge in [0.1, 0.15) is 0 Å². The summed E-state index contributed by atoms with van der Waals surface area (Å²) in [7, 11) is 0. The summed E-state index contributed by atoms with van der Waals surface area (Å²) in [4.78, 5) is 8.66. The molecule has 0 spiro atoms. The highest BCUT2D eigenvalue weighted by Crippen LogP contribution is 2.18. The monoisotopic (exact) mass is 228 g/mol. The maximum absolute atomic E-state index is 5.18. The maximum Gasteiger partial charge on any atom is 0.207 e. The van der Waals surface area contributed by atoms with E-state index < -0.39 is 0 Å². The zero-order valence-corrected chi connectivity index (χ0v) is 9.62. The first-order valence-corrected chi connectivity index (χ1v) is 6.06. The molecule has 0 amide bonds. The zero-order valence-electron chi connectivity index (χ0n) is 7.99. The number of anilines is 1. The molecule has 0 saturated heterocycles. The highest BCUT2D eigenvalue weighted by Gasteiger charge is 2.12. The van der Waals surface area contributed by atoms with Gasteiger partial charge in [0.25, 0.3) is 0 Å². The van der Waals surface area contributed by atoms with Gasteiger partial charge in [-0.25, -0.2) is 0 Å². The summed E-state index contributed by atoms with van der Waals surface area (Å²) < 4.78 is 2.57. The summed E-state index contributed by atoms with van der Waals surface area (Å²) in [5, 5.41) is 3.98. The number of hydrogen-bond donors (Lipinski definition) is 1. The van der Waals surface area contributed by atoms with E-state index in [1.54, 1.807) is 11.8 Å². The third-order valence-corrected chi connectivity index (χ3v) is 3.30. The Hall–Kier alpha value is -0.620. The van der Waals surface area contributed by atoms with Gasteiger partial charge in [-0.05, 0) is 18.6 Å². The molecule has 1 aromatic heterocycles. The Labute approximate surface area is 92.2 Å². The summed E-state index contributed by atoms with van der Waals surface area (Å²) in [6.07, 6.45) is 1.12. The molecule has 0 saturated carbocycles. The van der Waals surface area contributed by atoms with Crippen LogP contribution in [-0.4, -0.2) is 26.8 Å².